The van der Waals surface area contributed by atoms with Crippen molar-refractivity contribution in [2.24, 2.45) is 5.92 Å². The van der Waals surface area contributed by atoms with Crippen molar-refractivity contribution in [3.63, 3.8) is 0 Å². The number of amides is 1. The van der Waals surface area contributed by atoms with Gasteiger partial charge in [-0.25, -0.2) is 4.39 Å². The first-order valence-corrected chi connectivity index (χ1v) is 10.1. The molecule has 4 rings (SSSR count). The Morgan fingerprint density at radius 3 is 2.55 bits per heavy atom. The number of benzene rings is 1. The lowest BCUT2D eigenvalue weighted by Gasteiger charge is -2.18. The highest BCUT2D eigenvalue weighted by molar-refractivity contribution is 5.93. The van der Waals surface area contributed by atoms with Crippen molar-refractivity contribution < 1.29 is 13.9 Å². The van der Waals surface area contributed by atoms with Crippen LogP contribution in [0.25, 0.3) is 11.1 Å². The molecule has 0 atom stereocenters. The number of nitrogens with one attached hydrogen (secondary N) is 2. The van der Waals surface area contributed by atoms with Crippen LogP contribution >= 0.6 is 0 Å². The predicted octanol–water partition coefficient (Wildman–Crippen LogP) is 4.70. The summed E-state index contributed by atoms with van der Waals surface area (Å²) in [6.07, 6.45) is 3.46. The Bertz CT molecular complexity index is 1160. The maximum atomic E-state index is 14.2. The molecule has 2 aromatic heterocycles. The second-order valence-corrected chi connectivity index (χ2v) is 7.75. The predicted molar refractivity (Wildman–Crippen MR) is 117 cm³/mol. The Morgan fingerprint density at radius 2 is 1.87 bits per heavy atom. The zero-order chi connectivity index (χ0) is 22.1. The third kappa shape index (κ3) is 4.33. The summed E-state index contributed by atoms with van der Waals surface area (Å²) in [4.78, 5) is 16.2. The first-order chi connectivity index (χ1) is 14.9. The fourth-order valence-electron chi connectivity index (χ4n) is 3.35. The highest BCUT2D eigenvalue weighted by Gasteiger charge is 2.30. The van der Waals surface area contributed by atoms with Gasteiger partial charge in [0, 0.05) is 29.3 Å². The van der Waals surface area contributed by atoms with E-state index in [2.05, 4.69) is 25.8 Å². The van der Waals surface area contributed by atoms with Crippen LogP contribution in [-0.4, -0.2) is 28.2 Å². The van der Waals surface area contributed by atoms with Gasteiger partial charge in [0.05, 0.1) is 29.9 Å². The van der Waals surface area contributed by atoms with Gasteiger partial charge in [-0.3, -0.25) is 9.78 Å². The average Bonchev–Trinajstić information content (AvgIpc) is 3.59. The third-order valence-electron chi connectivity index (χ3n) is 5.33. The van der Waals surface area contributed by atoms with Crippen molar-refractivity contribution in [1.82, 2.24) is 15.2 Å². The number of carbonyl (C=O) groups excluding carboxylic acids is 1. The Labute approximate surface area is 180 Å². The maximum absolute atomic E-state index is 14.2. The largest absolute Gasteiger partial charge is 0.494 e. The standard InChI is InChI=1S/C23H24FN5O2/c1-12-5-8-18(22(31-4)21(12)16-9-17(24)13(2)25-11-16)26-19-10-20(29-28-14(19)3)27-23(30)15-6-7-15/h5,8-11,15H,6-7H2,1-4H3,(H2,26,27,29,30). The molecule has 0 radical (unpaired) electrons. The van der Waals surface area contributed by atoms with E-state index < -0.39 is 0 Å². The fourth-order valence-corrected chi connectivity index (χ4v) is 3.35. The van der Waals surface area contributed by atoms with E-state index in [0.29, 0.717) is 39.9 Å². The summed E-state index contributed by atoms with van der Waals surface area (Å²) in [6, 6.07) is 7.02. The molecule has 1 aliphatic rings. The molecule has 0 aliphatic heterocycles. The van der Waals surface area contributed by atoms with Gasteiger partial charge >= 0.3 is 0 Å². The van der Waals surface area contributed by atoms with Crippen molar-refractivity contribution in [3.05, 3.63) is 53.2 Å². The number of methoxy groups -OCH3 is 1. The van der Waals surface area contributed by atoms with Crippen LogP contribution in [0.15, 0.2) is 30.5 Å². The number of pyridine rings is 1. The van der Waals surface area contributed by atoms with Crippen molar-refractivity contribution in [3.8, 4) is 16.9 Å². The normalized spacial score (nSPS) is 13.1. The van der Waals surface area contributed by atoms with Crippen molar-refractivity contribution >= 4 is 23.1 Å². The van der Waals surface area contributed by atoms with E-state index in [9.17, 15) is 9.18 Å². The van der Waals surface area contributed by atoms with E-state index >= 15 is 0 Å². The fraction of sp³-hybridized carbons (Fsp3) is 0.304. The minimum atomic E-state index is -0.373. The van der Waals surface area contributed by atoms with Crippen LogP contribution in [-0.2, 0) is 4.79 Å². The molecular weight excluding hydrogens is 397 g/mol. The molecule has 7 nitrogen and oxygen atoms in total. The number of hydrogen-bond acceptors (Lipinski definition) is 6. The SMILES string of the molecule is COc1c(Nc2cc(NC(=O)C3CC3)nnc2C)ccc(C)c1-c1cnc(C)c(F)c1. The summed E-state index contributed by atoms with van der Waals surface area (Å²) in [7, 11) is 1.57. The summed E-state index contributed by atoms with van der Waals surface area (Å²) in [5.74, 6) is 0.615. The summed E-state index contributed by atoms with van der Waals surface area (Å²) in [6.45, 7) is 5.38. The average molecular weight is 421 g/mol. The molecular formula is C23H24FN5O2. The van der Waals surface area contributed by atoms with Crippen LogP contribution in [0.2, 0.25) is 0 Å². The summed E-state index contributed by atoms with van der Waals surface area (Å²) >= 11 is 0. The van der Waals surface area contributed by atoms with Crippen molar-refractivity contribution in [2.45, 2.75) is 33.6 Å². The molecule has 31 heavy (non-hydrogen) atoms. The number of rotatable bonds is 6. The smallest absolute Gasteiger partial charge is 0.228 e. The molecule has 0 unspecified atom stereocenters. The highest BCUT2D eigenvalue weighted by Crippen LogP contribution is 2.41. The molecule has 1 aliphatic carbocycles. The number of nitrogens with zero attached hydrogens (tertiary/aromatic N) is 3. The molecule has 0 spiro atoms. The summed E-state index contributed by atoms with van der Waals surface area (Å²) in [5.41, 5.74) is 4.67. The number of aryl methyl sites for hydroxylation is 3. The van der Waals surface area contributed by atoms with E-state index in [1.807, 2.05) is 26.0 Å². The zero-order valence-electron chi connectivity index (χ0n) is 17.9. The molecule has 0 bridgehead atoms. The van der Waals surface area contributed by atoms with Gasteiger partial charge in [-0.05, 0) is 51.3 Å². The van der Waals surface area contributed by atoms with Crippen LogP contribution in [0.5, 0.6) is 5.75 Å². The minimum Gasteiger partial charge on any atom is -0.494 e. The van der Waals surface area contributed by atoms with Gasteiger partial charge < -0.3 is 15.4 Å². The van der Waals surface area contributed by atoms with Gasteiger partial charge in [-0.2, -0.15) is 5.10 Å². The van der Waals surface area contributed by atoms with Crippen LogP contribution in [0.1, 0.15) is 29.8 Å². The topological polar surface area (TPSA) is 89.0 Å². The van der Waals surface area contributed by atoms with Gasteiger partial charge in [0.2, 0.25) is 5.91 Å². The number of aromatic nitrogens is 3. The van der Waals surface area contributed by atoms with Crippen molar-refractivity contribution in [1.29, 1.82) is 0 Å². The summed E-state index contributed by atoms with van der Waals surface area (Å²) in [5, 5.41) is 14.4. The lowest BCUT2D eigenvalue weighted by molar-refractivity contribution is -0.117. The third-order valence-corrected chi connectivity index (χ3v) is 5.33. The first kappa shape index (κ1) is 20.7. The molecule has 1 amide bonds. The first-order valence-electron chi connectivity index (χ1n) is 10.1. The number of hydrogen-bond donors (Lipinski definition) is 2. The highest BCUT2D eigenvalue weighted by atomic mass is 19.1. The van der Waals surface area contributed by atoms with Gasteiger partial charge in [0.25, 0.3) is 0 Å². The van der Waals surface area contributed by atoms with Gasteiger partial charge in [0.1, 0.15) is 11.6 Å². The molecule has 3 aromatic rings. The molecule has 1 fully saturated rings. The van der Waals surface area contributed by atoms with Crippen LogP contribution in [0.3, 0.4) is 0 Å². The molecule has 0 saturated heterocycles. The Balaban J connectivity index is 1.70. The Morgan fingerprint density at radius 1 is 1.10 bits per heavy atom. The number of carbonyl (C=O) groups is 1. The van der Waals surface area contributed by atoms with Crippen LogP contribution in [0, 0.1) is 32.5 Å². The number of anilines is 3. The number of halogens is 1. The molecule has 2 heterocycles. The van der Waals surface area contributed by atoms with Gasteiger partial charge in [0.15, 0.2) is 5.82 Å². The summed E-state index contributed by atoms with van der Waals surface area (Å²) < 4.78 is 19.9. The molecule has 1 saturated carbocycles. The molecule has 2 N–H and O–H groups in total. The molecule has 160 valence electrons. The second kappa shape index (κ2) is 8.29. The Hall–Kier alpha value is -3.55. The second-order valence-electron chi connectivity index (χ2n) is 7.75. The van der Waals surface area contributed by atoms with E-state index in [4.69, 9.17) is 4.74 Å². The minimum absolute atomic E-state index is 0.0341. The van der Waals surface area contributed by atoms with E-state index in [1.54, 1.807) is 26.3 Å². The molecule has 8 heteroatoms. The zero-order valence-corrected chi connectivity index (χ0v) is 17.9. The lowest BCUT2D eigenvalue weighted by Crippen LogP contribution is -2.15. The quantitative estimate of drug-likeness (QED) is 0.600. The van der Waals surface area contributed by atoms with E-state index in [-0.39, 0.29) is 17.6 Å². The monoisotopic (exact) mass is 421 g/mol. The lowest BCUT2D eigenvalue weighted by atomic mass is 9.99. The van der Waals surface area contributed by atoms with E-state index in [0.717, 1.165) is 24.0 Å². The van der Waals surface area contributed by atoms with Gasteiger partial charge in [-0.15, -0.1) is 5.10 Å². The number of ether oxygens (including phenoxy) is 1. The van der Waals surface area contributed by atoms with Crippen molar-refractivity contribution in [2.75, 3.05) is 17.7 Å². The molecule has 1 aromatic carbocycles. The van der Waals surface area contributed by atoms with Crippen LogP contribution < -0.4 is 15.4 Å². The van der Waals surface area contributed by atoms with Gasteiger partial charge in [-0.1, -0.05) is 6.07 Å². The maximum Gasteiger partial charge on any atom is 0.228 e. The van der Waals surface area contributed by atoms with Crippen LogP contribution in [0.4, 0.5) is 21.6 Å². The Kier molecular flexibility index (Phi) is 5.54. The van der Waals surface area contributed by atoms with E-state index in [1.165, 1.54) is 6.07 Å².